The number of Topliss-reactive ketones (excluding diaryl/α,β-unsaturated/α-hetero) is 1. The summed E-state index contributed by atoms with van der Waals surface area (Å²) in [6, 6.07) is 0. The van der Waals surface area contributed by atoms with Crippen molar-refractivity contribution >= 4 is 5.78 Å². The van der Waals surface area contributed by atoms with Crippen molar-refractivity contribution in [3.63, 3.8) is 0 Å². The Morgan fingerprint density at radius 3 is 2.59 bits per heavy atom. The van der Waals surface area contributed by atoms with Crippen LogP contribution < -0.4 is 0 Å². The highest BCUT2D eigenvalue weighted by molar-refractivity contribution is 5.88. The van der Waals surface area contributed by atoms with Crippen LogP contribution in [0.25, 0.3) is 0 Å². The average Bonchev–Trinajstić information content (AvgIpc) is 3.20. The van der Waals surface area contributed by atoms with Gasteiger partial charge >= 0.3 is 0 Å². The Hall–Kier alpha value is -1.23. The van der Waals surface area contributed by atoms with Crippen molar-refractivity contribution in [1.82, 2.24) is 0 Å². The Labute approximate surface area is 193 Å². The summed E-state index contributed by atoms with van der Waals surface area (Å²) in [6.07, 6.45) is 12.2. The van der Waals surface area contributed by atoms with E-state index < -0.39 is 17.8 Å². The van der Waals surface area contributed by atoms with Crippen LogP contribution in [0, 0.1) is 29.1 Å². The zero-order valence-electron chi connectivity index (χ0n) is 20.1. The SMILES string of the molecule is C=C1CC[C@H](O)[C@H](O)/C1=C/C=C1\CCC[C@]2(C)[C@@H]([C@H](C)CC3CC(=O)[C@](C)(O)C3)CC[C@@H]12. The Morgan fingerprint density at radius 1 is 1.16 bits per heavy atom. The van der Waals surface area contributed by atoms with Gasteiger partial charge in [-0.3, -0.25) is 4.79 Å². The zero-order chi connectivity index (χ0) is 23.3. The number of rotatable bonds is 4. The third-order valence-electron chi connectivity index (χ3n) is 9.50. The summed E-state index contributed by atoms with van der Waals surface area (Å²) in [5.74, 6) is 2.07. The van der Waals surface area contributed by atoms with E-state index in [2.05, 4.69) is 26.5 Å². The molecule has 4 aliphatic carbocycles. The fraction of sp³-hybridized carbons (Fsp3) is 0.750. The lowest BCUT2D eigenvalue weighted by Gasteiger charge is -2.44. The zero-order valence-corrected chi connectivity index (χ0v) is 20.1. The molecule has 4 heteroatoms. The van der Waals surface area contributed by atoms with E-state index >= 15 is 0 Å². The maximum Gasteiger partial charge on any atom is 0.164 e. The van der Waals surface area contributed by atoms with E-state index in [0.717, 1.165) is 30.4 Å². The third kappa shape index (κ3) is 4.31. The van der Waals surface area contributed by atoms with Gasteiger partial charge in [0, 0.05) is 6.42 Å². The fourth-order valence-corrected chi connectivity index (χ4v) is 7.76. The van der Waals surface area contributed by atoms with Crippen molar-refractivity contribution in [3.8, 4) is 0 Å². The van der Waals surface area contributed by atoms with Crippen LogP contribution in [0.4, 0.5) is 0 Å². The quantitative estimate of drug-likeness (QED) is 0.580. The molecule has 1 unspecified atom stereocenters. The molecular formula is C28H42O4. The lowest BCUT2D eigenvalue weighted by Crippen LogP contribution is -2.36. The standard InChI is InChI=1S/C28H42O4/c1-17-7-12-24(29)26(31)21(17)9-8-20-6-5-13-27(3)22(10-11-23(20)27)18(2)14-19-15-25(30)28(4,32)16-19/h8-9,18-19,22-24,26,29,31-32H,1,5-7,10-16H2,2-4H3/b20-8+,21-9+/t18-,19?,22-,23+,24+,26-,27-,28-/m1/s1. The van der Waals surface area contributed by atoms with Crippen LogP contribution in [0.15, 0.2) is 35.5 Å². The van der Waals surface area contributed by atoms with Crippen LogP contribution in [-0.2, 0) is 4.79 Å². The van der Waals surface area contributed by atoms with Crippen LogP contribution in [0.2, 0.25) is 0 Å². The van der Waals surface area contributed by atoms with E-state index in [1.165, 1.54) is 31.3 Å². The van der Waals surface area contributed by atoms with Crippen molar-refractivity contribution in [1.29, 1.82) is 0 Å². The second-order valence-corrected chi connectivity index (χ2v) is 11.8. The molecule has 0 aromatic carbocycles. The van der Waals surface area contributed by atoms with Gasteiger partial charge < -0.3 is 15.3 Å². The molecule has 4 aliphatic rings. The molecule has 0 heterocycles. The molecular weight excluding hydrogens is 400 g/mol. The van der Waals surface area contributed by atoms with Gasteiger partial charge in [0.2, 0.25) is 0 Å². The predicted molar refractivity (Wildman–Crippen MR) is 127 cm³/mol. The number of ketones is 1. The van der Waals surface area contributed by atoms with Crippen molar-refractivity contribution in [2.24, 2.45) is 29.1 Å². The Morgan fingerprint density at radius 2 is 1.91 bits per heavy atom. The summed E-state index contributed by atoms with van der Waals surface area (Å²) >= 11 is 0. The average molecular weight is 443 g/mol. The largest absolute Gasteiger partial charge is 0.390 e. The van der Waals surface area contributed by atoms with Gasteiger partial charge in [-0.1, -0.05) is 38.2 Å². The Bertz CT molecular complexity index is 821. The number of allylic oxidation sites excluding steroid dienone is 3. The van der Waals surface area contributed by atoms with E-state index in [1.54, 1.807) is 6.92 Å². The minimum Gasteiger partial charge on any atom is -0.390 e. The van der Waals surface area contributed by atoms with Gasteiger partial charge in [-0.05, 0) is 105 Å². The molecule has 0 bridgehead atoms. The molecule has 4 nitrogen and oxygen atoms in total. The molecule has 0 aliphatic heterocycles. The summed E-state index contributed by atoms with van der Waals surface area (Å²) in [5.41, 5.74) is 2.37. The number of carbonyl (C=O) groups excluding carboxylic acids is 1. The fourth-order valence-electron chi connectivity index (χ4n) is 7.76. The summed E-state index contributed by atoms with van der Waals surface area (Å²) in [6.45, 7) is 10.6. The Kier molecular flexibility index (Phi) is 6.61. The lowest BCUT2D eigenvalue weighted by molar-refractivity contribution is -0.131. The summed E-state index contributed by atoms with van der Waals surface area (Å²) < 4.78 is 0. The highest BCUT2D eigenvalue weighted by Gasteiger charge is 2.51. The van der Waals surface area contributed by atoms with E-state index in [9.17, 15) is 20.1 Å². The molecule has 0 spiro atoms. The van der Waals surface area contributed by atoms with Crippen LogP contribution >= 0.6 is 0 Å². The summed E-state index contributed by atoms with van der Waals surface area (Å²) in [5, 5.41) is 30.8. The van der Waals surface area contributed by atoms with Crippen LogP contribution in [0.1, 0.15) is 85.0 Å². The first-order chi connectivity index (χ1) is 15.0. The smallest absolute Gasteiger partial charge is 0.164 e. The summed E-state index contributed by atoms with van der Waals surface area (Å²) in [7, 11) is 0. The number of fused-ring (bicyclic) bond motifs is 1. The summed E-state index contributed by atoms with van der Waals surface area (Å²) in [4.78, 5) is 12.1. The van der Waals surface area contributed by atoms with Crippen LogP contribution in [0.3, 0.4) is 0 Å². The molecule has 178 valence electrons. The number of hydrogen-bond acceptors (Lipinski definition) is 4. The monoisotopic (exact) mass is 442 g/mol. The Balaban J connectivity index is 1.48. The van der Waals surface area contributed by atoms with Gasteiger partial charge in [-0.15, -0.1) is 0 Å². The van der Waals surface area contributed by atoms with Crippen LogP contribution in [0.5, 0.6) is 0 Å². The minimum atomic E-state index is -1.12. The third-order valence-corrected chi connectivity index (χ3v) is 9.50. The van der Waals surface area contributed by atoms with E-state index in [0.29, 0.717) is 42.9 Å². The minimum absolute atomic E-state index is 0.0118. The molecule has 0 radical (unpaired) electrons. The normalized spacial score (nSPS) is 46.1. The predicted octanol–water partition coefficient (Wildman–Crippen LogP) is 4.88. The van der Waals surface area contributed by atoms with Gasteiger partial charge in [0.05, 0.1) is 6.10 Å². The van der Waals surface area contributed by atoms with Crippen molar-refractivity contribution in [3.05, 3.63) is 35.5 Å². The van der Waals surface area contributed by atoms with Crippen molar-refractivity contribution in [2.45, 2.75) is 103 Å². The first-order valence-corrected chi connectivity index (χ1v) is 12.7. The molecule has 0 aromatic heterocycles. The molecule has 0 aromatic rings. The molecule has 4 saturated carbocycles. The van der Waals surface area contributed by atoms with Gasteiger partial charge in [0.1, 0.15) is 11.7 Å². The molecule has 4 rings (SSSR count). The van der Waals surface area contributed by atoms with Crippen molar-refractivity contribution in [2.75, 3.05) is 0 Å². The molecule has 32 heavy (non-hydrogen) atoms. The highest BCUT2D eigenvalue weighted by Crippen LogP contribution is 2.60. The maximum absolute atomic E-state index is 12.1. The topological polar surface area (TPSA) is 77.8 Å². The molecule has 8 atom stereocenters. The first-order valence-electron chi connectivity index (χ1n) is 12.7. The highest BCUT2D eigenvalue weighted by atomic mass is 16.3. The molecule has 0 saturated heterocycles. The molecule has 4 fully saturated rings. The first kappa shape index (κ1) is 23.9. The van der Waals surface area contributed by atoms with Gasteiger partial charge in [-0.25, -0.2) is 0 Å². The maximum atomic E-state index is 12.1. The van der Waals surface area contributed by atoms with Crippen molar-refractivity contribution < 1.29 is 20.1 Å². The molecule has 3 N–H and O–H groups in total. The van der Waals surface area contributed by atoms with E-state index in [-0.39, 0.29) is 11.2 Å². The van der Waals surface area contributed by atoms with Gasteiger partial charge in [0.25, 0.3) is 0 Å². The number of aliphatic hydroxyl groups is 3. The number of carbonyl (C=O) groups is 1. The lowest BCUT2D eigenvalue weighted by atomic mass is 9.60. The van der Waals surface area contributed by atoms with E-state index in [4.69, 9.17) is 0 Å². The van der Waals surface area contributed by atoms with E-state index in [1.807, 2.05) is 6.08 Å². The molecule has 0 amide bonds. The van der Waals surface area contributed by atoms with Gasteiger partial charge in [0.15, 0.2) is 5.78 Å². The second kappa shape index (κ2) is 8.85. The number of aliphatic hydroxyl groups excluding tert-OH is 2. The van der Waals surface area contributed by atoms with Gasteiger partial charge in [-0.2, -0.15) is 0 Å². The number of hydrogen-bond donors (Lipinski definition) is 3. The second-order valence-electron chi connectivity index (χ2n) is 11.8. The van der Waals surface area contributed by atoms with Crippen LogP contribution in [-0.4, -0.2) is 38.9 Å².